The Balaban J connectivity index is 2.14. The van der Waals surface area contributed by atoms with Crippen LogP contribution in [-0.4, -0.2) is 32.9 Å². The first kappa shape index (κ1) is 21.2. The summed E-state index contributed by atoms with van der Waals surface area (Å²) in [4.78, 5) is 24.3. The van der Waals surface area contributed by atoms with Crippen LogP contribution < -0.4 is 4.90 Å². The van der Waals surface area contributed by atoms with Gasteiger partial charge in [-0.05, 0) is 56.3 Å². The third kappa shape index (κ3) is 4.93. The van der Waals surface area contributed by atoms with E-state index >= 15 is 0 Å². The van der Waals surface area contributed by atoms with E-state index in [1.165, 1.54) is 23.9 Å². The van der Waals surface area contributed by atoms with Gasteiger partial charge in [0.05, 0.1) is 11.0 Å². The number of hydrogen-bond acceptors (Lipinski definition) is 5. The zero-order chi connectivity index (χ0) is 21.3. The minimum atomic E-state index is -0.291. The van der Waals surface area contributed by atoms with Crippen LogP contribution in [-0.2, 0) is 0 Å². The molecule has 0 aliphatic rings. The number of carbonyl (C=O) groups excluding carboxylic acids is 1. The van der Waals surface area contributed by atoms with Crippen LogP contribution in [0.5, 0.6) is 0 Å². The van der Waals surface area contributed by atoms with Gasteiger partial charge in [0, 0.05) is 29.0 Å². The zero-order valence-corrected chi connectivity index (χ0v) is 18.5. The Morgan fingerprint density at radius 1 is 1.03 bits per heavy atom. The summed E-state index contributed by atoms with van der Waals surface area (Å²) in [6.45, 7) is 10.2. The molecule has 0 saturated carbocycles. The molecule has 3 rings (SSSR count). The molecule has 0 spiro atoms. The first-order valence-electron chi connectivity index (χ1n) is 9.59. The second kappa shape index (κ2) is 8.11. The highest BCUT2D eigenvalue weighted by Crippen LogP contribution is 2.32. The summed E-state index contributed by atoms with van der Waals surface area (Å²) >= 11 is 1.30. The van der Waals surface area contributed by atoms with E-state index in [0.29, 0.717) is 28.1 Å². The first-order valence-corrected chi connectivity index (χ1v) is 10.4. The Kier molecular flexibility index (Phi) is 5.94. The minimum Gasteiger partial charge on any atom is -0.355 e. The van der Waals surface area contributed by atoms with Gasteiger partial charge in [0.15, 0.2) is 5.82 Å². The molecule has 6 heteroatoms. The molecule has 0 saturated heterocycles. The fraction of sp³-hybridized carbons (Fsp3) is 0.348. The van der Waals surface area contributed by atoms with Crippen molar-refractivity contribution in [3.05, 3.63) is 53.8 Å². The fourth-order valence-corrected chi connectivity index (χ4v) is 3.60. The number of rotatable bonds is 4. The molecule has 0 radical (unpaired) electrons. The molecule has 0 unspecified atom stereocenters. The number of carbonyl (C=O) groups is 1. The Hall–Kier alpha value is -2.47. The van der Waals surface area contributed by atoms with Crippen LogP contribution in [0.2, 0.25) is 0 Å². The predicted octanol–water partition coefficient (Wildman–Crippen LogP) is 5.95. The summed E-state index contributed by atoms with van der Waals surface area (Å²) in [6.07, 6.45) is 0. The molecule has 0 amide bonds. The summed E-state index contributed by atoms with van der Waals surface area (Å²) < 4.78 is 13.2. The number of thioether (sulfide) groups is 1. The van der Waals surface area contributed by atoms with E-state index in [0.717, 1.165) is 5.56 Å². The standard InChI is InChI=1S/C23H26FN3OS/c1-14(2)27(6)21-20(15-7-10-17(24)11-8-15)25-18-12-9-16(13-19(18)26-21)22(28)29-23(3,4)5/h7-14H,1-6H3. The fourth-order valence-electron chi connectivity index (χ4n) is 2.80. The Bertz CT molecular complexity index is 1040. The molecule has 0 N–H and O–H groups in total. The van der Waals surface area contributed by atoms with Gasteiger partial charge >= 0.3 is 0 Å². The molecule has 0 bridgehead atoms. The summed E-state index contributed by atoms with van der Waals surface area (Å²) in [5, 5.41) is 0.0163. The van der Waals surface area contributed by atoms with Gasteiger partial charge < -0.3 is 4.90 Å². The van der Waals surface area contributed by atoms with Gasteiger partial charge in [0.2, 0.25) is 5.12 Å². The van der Waals surface area contributed by atoms with Gasteiger partial charge in [-0.2, -0.15) is 0 Å². The van der Waals surface area contributed by atoms with Crippen LogP contribution in [0.15, 0.2) is 42.5 Å². The van der Waals surface area contributed by atoms with Crippen LogP contribution in [0.25, 0.3) is 22.3 Å². The van der Waals surface area contributed by atoms with E-state index in [4.69, 9.17) is 9.97 Å². The molecule has 0 aliphatic heterocycles. The van der Waals surface area contributed by atoms with Crippen molar-refractivity contribution in [1.82, 2.24) is 9.97 Å². The Morgan fingerprint density at radius 2 is 1.69 bits per heavy atom. The number of nitrogens with zero attached hydrogens (tertiary/aromatic N) is 3. The SMILES string of the molecule is CC(C)N(C)c1nc2cc(C(=O)SC(C)(C)C)ccc2nc1-c1ccc(F)cc1. The number of hydrogen-bond donors (Lipinski definition) is 0. The third-order valence-electron chi connectivity index (χ3n) is 4.51. The summed E-state index contributed by atoms with van der Waals surface area (Å²) in [6, 6.07) is 11.9. The molecule has 0 atom stereocenters. The Labute approximate surface area is 175 Å². The van der Waals surface area contributed by atoms with E-state index in [1.807, 2.05) is 38.8 Å². The van der Waals surface area contributed by atoms with Gasteiger partial charge in [-0.25, -0.2) is 14.4 Å². The zero-order valence-electron chi connectivity index (χ0n) is 17.7. The molecule has 29 heavy (non-hydrogen) atoms. The van der Waals surface area contributed by atoms with E-state index in [9.17, 15) is 9.18 Å². The summed E-state index contributed by atoms with van der Waals surface area (Å²) in [5.74, 6) is 0.410. The second-order valence-corrected chi connectivity index (χ2v) is 10.1. The van der Waals surface area contributed by atoms with Crippen molar-refractivity contribution in [1.29, 1.82) is 0 Å². The monoisotopic (exact) mass is 411 g/mol. The maximum Gasteiger partial charge on any atom is 0.219 e. The largest absolute Gasteiger partial charge is 0.355 e. The average Bonchev–Trinajstić information content (AvgIpc) is 2.65. The molecule has 1 aromatic heterocycles. The van der Waals surface area contributed by atoms with Crippen molar-refractivity contribution in [3.63, 3.8) is 0 Å². The van der Waals surface area contributed by atoms with Gasteiger partial charge in [-0.15, -0.1) is 0 Å². The lowest BCUT2D eigenvalue weighted by Crippen LogP contribution is -2.27. The highest BCUT2D eigenvalue weighted by atomic mass is 32.2. The van der Waals surface area contributed by atoms with Crippen LogP contribution in [0.4, 0.5) is 10.2 Å². The summed E-state index contributed by atoms with van der Waals surface area (Å²) in [7, 11) is 1.96. The third-order valence-corrected chi connectivity index (χ3v) is 5.54. The van der Waals surface area contributed by atoms with Crippen LogP contribution in [0.1, 0.15) is 45.0 Å². The summed E-state index contributed by atoms with van der Waals surface area (Å²) in [5.41, 5.74) is 3.46. The smallest absolute Gasteiger partial charge is 0.219 e. The average molecular weight is 412 g/mol. The van der Waals surface area contributed by atoms with Crippen LogP contribution in [0.3, 0.4) is 0 Å². The maximum absolute atomic E-state index is 13.4. The van der Waals surface area contributed by atoms with Gasteiger partial charge in [-0.3, -0.25) is 4.79 Å². The topological polar surface area (TPSA) is 46.1 Å². The quantitative estimate of drug-likeness (QED) is 0.531. The lowest BCUT2D eigenvalue weighted by Gasteiger charge is -2.25. The molecule has 2 aromatic carbocycles. The number of halogens is 1. The van der Waals surface area contributed by atoms with Crippen LogP contribution in [0, 0.1) is 5.82 Å². The van der Waals surface area contributed by atoms with E-state index < -0.39 is 0 Å². The molecule has 4 nitrogen and oxygen atoms in total. The van der Waals surface area contributed by atoms with Crippen molar-refractivity contribution < 1.29 is 9.18 Å². The number of benzene rings is 2. The molecular formula is C23H26FN3OS. The maximum atomic E-state index is 13.4. The molecule has 0 aliphatic carbocycles. The van der Waals surface area contributed by atoms with E-state index in [1.54, 1.807) is 24.3 Å². The number of aromatic nitrogens is 2. The van der Waals surface area contributed by atoms with Crippen molar-refractivity contribution in [2.24, 2.45) is 0 Å². The second-order valence-electron chi connectivity index (χ2n) is 8.31. The van der Waals surface area contributed by atoms with E-state index in [2.05, 4.69) is 13.8 Å². The van der Waals surface area contributed by atoms with Crippen molar-refractivity contribution in [2.45, 2.75) is 45.4 Å². The molecule has 152 valence electrons. The Morgan fingerprint density at radius 3 is 2.28 bits per heavy atom. The predicted molar refractivity (Wildman–Crippen MR) is 120 cm³/mol. The van der Waals surface area contributed by atoms with Crippen molar-refractivity contribution in [3.8, 4) is 11.3 Å². The normalized spacial score (nSPS) is 11.9. The highest BCUT2D eigenvalue weighted by Gasteiger charge is 2.20. The number of fused-ring (bicyclic) bond motifs is 1. The lowest BCUT2D eigenvalue weighted by atomic mass is 10.1. The molecule has 3 aromatic rings. The van der Waals surface area contributed by atoms with Gasteiger partial charge in [-0.1, -0.05) is 32.5 Å². The molecule has 1 heterocycles. The minimum absolute atomic E-state index is 0.0163. The van der Waals surface area contributed by atoms with Gasteiger partial charge in [0.25, 0.3) is 0 Å². The molecule has 0 fully saturated rings. The van der Waals surface area contributed by atoms with E-state index in [-0.39, 0.29) is 21.7 Å². The van der Waals surface area contributed by atoms with Crippen molar-refractivity contribution >= 4 is 33.7 Å². The number of anilines is 1. The highest BCUT2D eigenvalue weighted by molar-refractivity contribution is 8.15. The van der Waals surface area contributed by atoms with Crippen LogP contribution >= 0.6 is 11.8 Å². The molecular weight excluding hydrogens is 385 g/mol. The first-order chi connectivity index (χ1) is 13.5. The van der Waals surface area contributed by atoms with Gasteiger partial charge in [0.1, 0.15) is 11.5 Å². The lowest BCUT2D eigenvalue weighted by molar-refractivity contribution is 0.108. The van der Waals surface area contributed by atoms with Crippen molar-refractivity contribution in [2.75, 3.05) is 11.9 Å².